The van der Waals surface area contributed by atoms with Crippen molar-refractivity contribution in [2.75, 3.05) is 4.90 Å². The van der Waals surface area contributed by atoms with Gasteiger partial charge in [-0.2, -0.15) is 0 Å². The predicted molar refractivity (Wildman–Crippen MR) is 212 cm³/mol. The number of hydrogen-bond donors (Lipinski definition) is 0. The molecule has 2 heteroatoms. The highest BCUT2D eigenvalue weighted by Crippen LogP contribution is 2.47. The third kappa shape index (κ3) is 4.65. The molecule has 0 radical (unpaired) electrons. The third-order valence-electron chi connectivity index (χ3n) is 9.99. The van der Waals surface area contributed by atoms with E-state index in [1.165, 1.54) is 49.0 Å². The van der Waals surface area contributed by atoms with Crippen LogP contribution in [0.1, 0.15) is 0 Å². The number of anilines is 3. The summed E-state index contributed by atoms with van der Waals surface area (Å²) in [5, 5.41) is 9.59. The van der Waals surface area contributed by atoms with Gasteiger partial charge >= 0.3 is 0 Å². The van der Waals surface area contributed by atoms with Gasteiger partial charge in [0.05, 0.1) is 5.69 Å². The zero-order valence-electron chi connectivity index (χ0n) is 27.3. The van der Waals surface area contributed by atoms with Gasteiger partial charge < -0.3 is 9.32 Å². The Kier molecular flexibility index (Phi) is 6.53. The van der Waals surface area contributed by atoms with Crippen LogP contribution in [-0.2, 0) is 0 Å². The van der Waals surface area contributed by atoms with Gasteiger partial charge in [-0.1, -0.05) is 146 Å². The fourth-order valence-electron chi connectivity index (χ4n) is 7.59. The zero-order valence-corrected chi connectivity index (χ0v) is 27.3. The summed E-state index contributed by atoms with van der Waals surface area (Å²) in [6.45, 7) is 0. The summed E-state index contributed by atoms with van der Waals surface area (Å²) in [6.07, 6.45) is 0. The molecule has 10 rings (SSSR count). The molecular formula is C48H31NO. The molecule has 0 atom stereocenters. The molecule has 0 aliphatic rings. The molecule has 0 saturated heterocycles. The first kappa shape index (κ1) is 28.4. The quantitative estimate of drug-likeness (QED) is 0.175. The summed E-state index contributed by atoms with van der Waals surface area (Å²) in [5.74, 6) is 0. The minimum absolute atomic E-state index is 0.874. The first-order valence-corrected chi connectivity index (χ1v) is 17.1. The molecule has 234 valence electrons. The molecule has 0 N–H and O–H groups in total. The van der Waals surface area contributed by atoms with Crippen LogP contribution in [0.15, 0.2) is 192 Å². The lowest BCUT2D eigenvalue weighted by Crippen LogP contribution is -2.10. The molecular weight excluding hydrogens is 607 g/mol. The first-order valence-electron chi connectivity index (χ1n) is 17.1. The van der Waals surface area contributed by atoms with E-state index in [1.54, 1.807) is 0 Å². The molecule has 0 aliphatic heterocycles. The van der Waals surface area contributed by atoms with Crippen molar-refractivity contribution < 1.29 is 4.42 Å². The van der Waals surface area contributed by atoms with E-state index in [2.05, 4.69) is 193 Å². The second-order valence-electron chi connectivity index (χ2n) is 12.9. The Hall–Kier alpha value is -6.64. The highest BCUT2D eigenvalue weighted by atomic mass is 16.3. The van der Waals surface area contributed by atoms with Crippen molar-refractivity contribution in [2.24, 2.45) is 0 Å². The molecule has 9 aromatic carbocycles. The molecule has 1 heterocycles. The van der Waals surface area contributed by atoms with Gasteiger partial charge in [0, 0.05) is 27.5 Å². The summed E-state index contributed by atoms with van der Waals surface area (Å²) in [6, 6.07) is 67.4. The molecule has 50 heavy (non-hydrogen) atoms. The average Bonchev–Trinajstić information content (AvgIpc) is 3.58. The third-order valence-corrected chi connectivity index (χ3v) is 9.99. The molecule has 0 fully saturated rings. The lowest BCUT2D eigenvalue weighted by atomic mass is 9.96. The Bertz CT molecular complexity index is 2870. The average molecular weight is 638 g/mol. The summed E-state index contributed by atoms with van der Waals surface area (Å²) < 4.78 is 6.87. The van der Waals surface area contributed by atoms with Gasteiger partial charge in [0.25, 0.3) is 0 Å². The van der Waals surface area contributed by atoms with Gasteiger partial charge in [0.2, 0.25) is 0 Å². The number of para-hydroxylation sites is 1. The second kappa shape index (κ2) is 11.5. The largest absolute Gasteiger partial charge is 0.454 e. The second-order valence-corrected chi connectivity index (χ2v) is 12.9. The van der Waals surface area contributed by atoms with Crippen LogP contribution in [0, 0.1) is 0 Å². The normalized spacial score (nSPS) is 11.6. The van der Waals surface area contributed by atoms with Gasteiger partial charge in [-0.15, -0.1) is 0 Å². The highest BCUT2D eigenvalue weighted by molar-refractivity contribution is 6.29. The van der Waals surface area contributed by atoms with Crippen LogP contribution in [0.3, 0.4) is 0 Å². The molecule has 0 bridgehead atoms. The van der Waals surface area contributed by atoms with Crippen LogP contribution in [-0.4, -0.2) is 0 Å². The maximum absolute atomic E-state index is 6.87. The summed E-state index contributed by atoms with van der Waals surface area (Å²) in [7, 11) is 0. The molecule has 10 aromatic rings. The minimum Gasteiger partial charge on any atom is -0.454 e. The van der Waals surface area contributed by atoms with Crippen LogP contribution >= 0.6 is 0 Å². The number of fused-ring (bicyclic) bond motifs is 8. The van der Waals surface area contributed by atoms with Crippen molar-refractivity contribution in [3.63, 3.8) is 0 Å². The molecule has 0 amide bonds. The van der Waals surface area contributed by atoms with Gasteiger partial charge in [-0.3, -0.25) is 0 Å². The highest BCUT2D eigenvalue weighted by Gasteiger charge is 2.23. The molecule has 0 unspecified atom stereocenters. The molecule has 0 spiro atoms. The van der Waals surface area contributed by atoms with E-state index >= 15 is 0 Å². The maximum Gasteiger partial charge on any atom is 0.160 e. The number of rotatable bonds is 5. The van der Waals surface area contributed by atoms with Crippen LogP contribution in [0.4, 0.5) is 17.1 Å². The van der Waals surface area contributed by atoms with Crippen LogP contribution in [0.5, 0.6) is 0 Å². The van der Waals surface area contributed by atoms with Gasteiger partial charge in [-0.25, -0.2) is 0 Å². The van der Waals surface area contributed by atoms with E-state index in [1.807, 2.05) is 0 Å². The van der Waals surface area contributed by atoms with Crippen molar-refractivity contribution in [3.05, 3.63) is 188 Å². The van der Waals surface area contributed by atoms with E-state index in [0.29, 0.717) is 0 Å². The lowest BCUT2D eigenvalue weighted by molar-refractivity contribution is 0.669. The Balaban J connectivity index is 1.23. The SMILES string of the molecule is c1ccc(-c2cccc(N(c3ccc(-c4ccc5ccccc5c4)cc3)c3cc4ccc5ccccc5c4c4c3oc3ccccc34)c2)cc1. The van der Waals surface area contributed by atoms with E-state index in [4.69, 9.17) is 4.42 Å². The smallest absolute Gasteiger partial charge is 0.160 e. The Morgan fingerprint density at radius 1 is 0.340 bits per heavy atom. The molecule has 0 aliphatic carbocycles. The summed E-state index contributed by atoms with van der Waals surface area (Å²) >= 11 is 0. The van der Waals surface area contributed by atoms with Crippen LogP contribution in [0.2, 0.25) is 0 Å². The van der Waals surface area contributed by atoms with Gasteiger partial charge in [0.15, 0.2) is 5.58 Å². The van der Waals surface area contributed by atoms with Gasteiger partial charge in [0.1, 0.15) is 5.58 Å². The standard InChI is InChI=1S/C48H31NO/c1-2-11-32(12-3-1)37-16-10-17-41(30-37)49(40-27-25-34(26-28-40)38-23-21-33-13-4-5-15-36(33)29-38)44-31-39-24-22-35-14-6-7-18-42(35)46(39)47-43-19-8-9-20-45(43)50-48(44)47/h1-31H. The monoisotopic (exact) mass is 637 g/mol. The number of furan rings is 1. The van der Waals surface area contributed by atoms with Crippen LogP contribution < -0.4 is 4.90 Å². The Labute approximate surface area is 290 Å². The van der Waals surface area contributed by atoms with Crippen molar-refractivity contribution in [1.82, 2.24) is 0 Å². The van der Waals surface area contributed by atoms with Crippen molar-refractivity contribution >= 4 is 71.3 Å². The fraction of sp³-hybridized carbons (Fsp3) is 0. The number of benzene rings is 9. The van der Waals surface area contributed by atoms with E-state index in [0.717, 1.165) is 44.6 Å². The molecule has 0 saturated carbocycles. The molecule has 1 aromatic heterocycles. The lowest BCUT2D eigenvalue weighted by Gasteiger charge is -2.27. The fourth-order valence-corrected chi connectivity index (χ4v) is 7.59. The van der Waals surface area contributed by atoms with Crippen molar-refractivity contribution in [2.45, 2.75) is 0 Å². The van der Waals surface area contributed by atoms with E-state index in [-0.39, 0.29) is 0 Å². The van der Waals surface area contributed by atoms with Crippen molar-refractivity contribution in [3.8, 4) is 22.3 Å². The zero-order chi connectivity index (χ0) is 33.0. The topological polar surface area (TPSA) is 16.4 Å². The number of nitrogens with zero attached hydrogens (tertiary/aromatic N) is 1. The summed E-state index contributed by atoms with van der Waals surface area (Å²) in [4.78, 5) is 2.36. The molecule has 2 nitrogen and oxygen atoms in total. The Morgan fingerprint density at radius 3 is 1.82 bits per heavy atom. The number of hydrogen-bond acceptors (Lipinski definition) is 2. The first-order chi connectivity index (χ1) is 24.8. The summed E-state index contributed by atoms with van der Waals surface area (Å²) in [5.41, 5.74) is 9.60. The van der Waals surface area contributed by atoms with Crippen LogP contribution in [0.25, 0.3) is 76.5 Å². The minimum atomic E-state index is 0.874. The van der Waals surface area contributed by atoms with E-state index in [9.17, 15) is 0 Å². The Morgan fingerprint density at radius 2 is 0.960 bits per heavy atom. The van der Waals surface area contributed by atoms with E-state index < -0.39 is 0 Å². The predicted octanol–water partition coefficient (Wildman–Crippen LogP) is 13.8. The van der Waals surface area contributed by atoms with Crippen molar-refractivity contribution in [1.29, 1.82) is 0 Å². The van der Waals surface area contributed by atoms with Gasteiger partial charge in [-0.05, 0) is 91.6 Å². The maximum atomic E-state index is 6.87.